The van der Waals surface area contributed by atoms with Crippen LogP contribution in [0.5, 0.6) is 0 Å². The van der Waals surface area contributed by atoms with Crippen LogP contribution in [0.3, 0.4) is 0 Å². The molecule has 41 heavy (non-hydrogen) atoms. The van der Waals surface area contributed by atoms with E-state index in [1.165, 1.54) is 62.5 Å². The molecule has 0 heterocycles. The molecular formula is C38H45BrO2. The molecule has 2 nitrogen and oxygen atoms in total. The Kier molecular flexibility index (Phi) is 9.69. The van der Waals surface area contributed by atoms with Gasteiger partial charge in [-0.25, -0.2) is 0 Å². The van der Waals surface area contributed by atoms with E-state index in [0.717, 1.165) is 39.6 Å². The van der Waals surface area contributed by atoms with Crippen molar-refractivity contribution in [2.24, 2.45) is 11.8 Å². The summed E-state index contributed by atoms with van der Waals surface area (Å²) in [5.41, 5.74) is 3.33. The minimum Gasteiger partial charge on any atom is -0.380 e. The fourth-order valence-electron chi connectivity index (χ4n) is 6.99. The van der Waals surface area contributed by atoms with Gasteiger partial charge in [0.15, 0.2) is 0 Å². The quantitative estimate of drug-likeness (QED) is 0.200. The molecule has 0 saturated heterocycles. The Labute approximate surface area is 255 Å². The Balaban J connectivity index is 1.54. The Morgan fingerprint density at radius 2 is 1.05 bits per heavy atom. The number of halogens is 1. The average Bonchev–Trinajstić information content (AvgIpc) is 3.01. The number of aryl methyl sites for hydroxylation is 2. The van der Waals surface area contributed by atoms with E-state index in [0.29, 0.717) is 0 Å². The van der Waals surface area contributed by atoms with Crippen LogP contribution >= 0.6 is 15.9 Å². The van der Waals surface area contributed by atoms with Crippen LogP contribution in [-0.2, 0) is 24.0 Å². The SMILES string of the molecule is CCCCCCc1ccc(C2(O)c3ccc(Br)cc3C(O)(c3ccc(CCCCCC)cc3)C3C=CC=CC32)cc1. The summed E-state index contributed by atoms with van der Waals surface area (Å²) in [6, 6.07) is 23.1. The molecule has 0 saturated carbocycles. The number of allylic oxidation sites excluding steroid dienone is 2. The lowest BCUT2D eigenvalue weighted by Gasteiger charge is -2.53. The van der Waals surface area contributed by atoms with E-state index >= 15 is 0 Å². The summed E-state index contributed by atoms with van der Waals surface area (Å²) in [5.74, 6) is -0.654. The van der Waals surface area contributed by atoms with Crippen LogP contribution < -0.4 is 0 Å². The van der Waals surface area contributed by atoms with Crippen molar-refractivity contribution in [3.05, 3.63) is 129 Å². The molecule has 2 N–H and O–H groups in total. The second-order valence-corrected chi connectivity index (χ2v) is 13.0. The van der Waals surface area contributed by atoms with E-state index < -0.39 is 11.2 Å². The molecule has 0 spiro atoms. The zero-order valence-corrected chi connectivity index (χ0v) is 26.2. The lowest BCUT2D eigenvalue weighted by atomic mass is 9.55. The number of benzene rings is 3. The molecule has 0 radical (unpaired) electrons. The molecule has 2 aliphatic carbocycles. The predicted molar refractivity (Wildman–Crippen MR) is 174 cm³/mol. The summed E-state index contributed by atoms with van der Waals surface area (Å²) in [6.45, 7) is 4.48. The maximum absolute atomic E-state index is 12.8. The number of aliphatic hydroxyl groups is 2. The zero-order valence-electron chi connectivity index (χ0n) is 24.7. The molecule has 3 heteroatoms. The normalized spacial score (nSPS) is 24.7. The van der Waals surface area contributed by atoms with Gasteiger partial charge >= 0.3 is 0 Å². The van der Waals surface area contributed by atoms with Crippen molar-refractivity contribution >= 4 is 15.9 Å². The van der Waals surface area contributed by atoms with Crippen LogP contribution in [0.1, 0.15) is 98.6 Å². The van der Waals surface area contributed by atoms with Gasteiger partial charge in [-0.15, -0.1) is 0 Å². The maximum atomic E-state index is 12.8. The Bertz CT molecular complexity index is 1360. The molecule has 4 atom stereocenters. The van der Waals surface area contributed by atoms with E-state index in [1.807, 2.05) is 30.4 Å². The lowest BCUT2D eigenvalue weighted by molar-refractivity contribution is -0.0717. The molecule has 0 bridgehead atoms. The summed E-state index contributed by atoms with van der Waals surface area (Å²) in [7, 11) is 0. The first kappa shape index (κ1) is 30.0. The highest BCUT2D eigenvalue weighted by atomic mass is 79.9. The van der Waals surface area contributed by atoms with Crippen LogP contribution in [0, 0.1) is 11.8 Å². The standard InChI is InChI=1S/C38H45BrO2/c1-3-5-7-9-13-28-17-21-30(22-18-28)37(40)33-15-11-12-16-34(33)38(41,36-27-32(39)25-26-35(36)37)31-23-19-29(20-24-31)14-10-8-6-4-2/h11-12,15-27,33-34,40-41H,3-10,13-14H2,1-2H3. The van der Waals surface area contributed by atoms with Gasteiger partial charge in [0.05, 0.1) is 0 Å². The number of rotatable bonds is 12. The number of fused-ring (bicyclic) bond motifs is 2. The lowest BCUT2D eigenvalue weighted by Crippen LogP contribution is -2.54. The molecular weight excluding hydrogens is 568 g/mol. The van der Waals surface area contributed by atoms with Crippen molar-refractivity contribution in [2.75, 3.05) is 0 Å². The maximum Gasteiger partial charge on any atom is 0.122 e. The largest absolute Gasteiger partial charge is 0.380 e. The number of hydrogen-bond donors (Lipinski definition) is 2. The van der Waals surface area contributed by atoms with Crippen LogP contribution in [-0.4, -0.2) is 10.2 Å². The molecule has 216 valence electrons. The van der Waals surface area contributed by atoms with Crippen molar-refractivity contribution in [3.63, 3.8) is 0 Å². The first-order chi connectivity index (χ1) is 19.9. The highest BCUT2D eigenvalue weighted by Gasteiger charge is 2.57. The van der Waals surface area contributed by atoms with Gasteiger partial charge in [-0.3, -0.25) is 0 Å². The van der Waals surface area contributed by atoms with Crippen LogP contribution in [0.2, 0.25) is 0 Å². The highest BCUT2D eigenvalue weighted by Crippen LogP contribution is 2.57. The summed E-state index contributed by atoms with van der Waals surface area (Å²) in [6.07, 6.45) is 20.2. The molecule has 3 aromatic rings. The van der Waals surface area contributed by atoms with Gasteiger partial charge in [0, 0.05) is 16.3 Å². The number of unbranched alkanes of at least 4 members (excludes halogenated alkanes) is 6. The Morgan fingerprint density at radius 3 is 1.51 bits per heavy atom. The van der Waals surface area contributed by atoms with Gasteiger partial charge < -0.3 is 10.2 Å². The molecule has 0 fully saturated rings. The van der Waals surface area contributed by atoms with Crippen LogP contribution in [0.15, 0.2) is 95.5 Å². The van der Waals surface area contributed by atoms with E-state index in [-0.39, 0.29) is 11.8 Å². The monoisotopic (exact) mass is 612 g/mol. The molecule has 4 unspecified atom stereocenters. The second kappa shape index (κ2) is 13.2. The summed E-state index contributed by atoms with van der Waals surface area (Å²) >= 11 is 3.67. The zero-order chi connectivity index (χ0) is 28.9. The average molecular weight is 614 g/mol. The smallest absolute Gasteiger partial charge is 0.122 e. The van der Waals surface area contributed by atoms with Gasteiger partial charge in [-0.05, 0) is 71.2 Å². The summed E-state index contributed by atoms with van der Waals surface area (Å²) < 4.78 is 0.890. The van der Waals surface area contributed by atoms with E-state index in [2.05, 4.69) is 90.5 Å². The van der Waals surface area contributed by atoms with Crippen molar-refractivity contribution in [1.29, 1.82) is 0 Å². The third-order valence-electron chi connectivity index (χ3n) is 9.33. The number of hydrogen-bond acceptors (Lipinski definition) is 2. The van der Waals surface area contributed by atoms with Crippen LogP contribution in [0.4, 0.5) is 0 Å². The van der Waals surface area contributed by atoms with Crippen molar-refractivity contribution < 1.29 is 10.2 Å². The van der Waals surface area contributed by atoms with Gasteiger partial charge in [0.25, 0.3) is 0 Å². The topological polar surface area (TPSA) is 40.5 Å². The first-order valence-electron chi connectivity index (χ1n) is 15.7. The van der Waals surface area contributed by atoms with Crippen molar-refractivity contribution in [3.8, 4) is 0 Å². The predicted octanol–water partition coefficient (Wildman–Crippen LogP) is 9.54. The van der Waals surface area contributed by atoms with E-state index in [4.69, 9.17) is 0 Å². The summed E-state index contributed by atoms with van der Waals surface area (Å²) in [5, 5.41) is 25.6. The second-order valence-electron chi connectivity index (χ2n) is 12.1. The van der Waals surface area contributed by atoms with Crippen molar-refractivity contribution in [2.45, 2.75) is 89.3 Å². The summed E-state index contributed by atoms with van der Waals surface area (Å²) in [4.78, 5) is 0. The molecule has 0 aromatic heterocycles. The van der Waals surface area contributed by atoms with Crippen molar-refractivity contribution in [1.82, 2.24) is 0 Å². The van der Waals surface area contributed by atoms with Gasteiger partial charge in [0.1, 0.15) is 11.2 Å². The third kappa shape index (κ3) is 5.91. The Morgan fingerprint density at radius 1 is 0.585 bits per heavy atom. The molecule has 0 amide bonds. The van der Waals surface area contributed by atoms with E-state index in [9.17, 15) is 10.2 Å². The minimum absolute atomic E-state index is 0.324. The van der Waals surface area contributed by atoms with Gasteiger partial charge in [-0.1, -0.05) is 147 Å². The molecule has 2 aliphatic rings. The first-order valence-corrected chi connectivity index (χ1v) is 16.5. The van der Waals surface area contributed by atoms with Gasteiger partial charge in [0.2, 0.25) is 0 Å². The minimum atomic E-state index is -1.28. The fraction of sp³-hybridized carbons (Fsp3) is 0.421. The third-order valence-corrected chi connectivity index (χ3v) is 9.82. The Hall–Kier alpha value is -2.46. The van der Waals surface area contributed by atoms with Crippen LogP contribution in [0.25, 0.3) is 0 Å². The fourth-order valence-corrected chi connectivity index (χ4v) is 7.35. The highest BCUT2D eigenvalue weighted by molar-refractivity contribution is 9.10. The molecule has 5 rings (SSSR count). The molecule has 0 aliphatic heterocycles. The van der Waals surface area contributed by atoms with E-state index in [1.54, 1.807) is 0 Å². The molecule has 3 aromatic carbocycles. The van der Waals surface area contributed by atoms with Gasteiger partial charge in [-0.2, -0.15) is 0 Å².